The Morgan fingerprint density at radius 3 is 2.65 bits per heavy atom. The van der Waals surface area contributed by atoms with Crippen LogP contribution in [0.25, 0.3) is 0 Å². The first-order valence-corrected chi connectivity index (χ1v) is 6.33. The van der Waals surface area contributed by atoms with Gasteiger partial charge in [0.2, 0.25) is 0 Å². The molecule has 1 aromatic rings. The minimum atomic E-state index is -0.0331. The van der Waals surface area contributed by atoms with Gasteiger partial charge in [-0.3, -0.25) is 4.68 Å². The standard InChI is InChI=1S/C12H23ClN4/c1-12(2,5-6-14)11-10(13)9-15-17(11)8-7-16(3)4/h9H,5-8,14H2,1-4H3. The molecular weight excluding hydrogens is 236 g/mol. The Labute approximate surface area is 109 Å². The van der Waals surface area contributed by atoms with Gasteiger partial charge < -0.3 is 10.6 Å². The van der Waals surface area contributed by atoms with Gasteiger partial charge in [0, 0.05) is 12.0 Å². The summed E-state index contributed by atoms with van der Waals surface area (Å²) in [6.07, 6.45) is 2.63. The van der Waals surface area contributed by atoms with Crippen LogP contribution in [0.15, 0.2) is 6.20 Å². The molecule has 0 bridgehead atoms. The number of hydrogen-bond acceptors (Lipinski definition) is 3. The van der Waals surface area contributed by atoms with Gasteiger partial charge in [-0.2, -0.15) is 5.10 Å². The Hall–Kier alpha value is -0.580. The maximum Gasteiger partial charge on any atom is 0.0823 e. The van der Waals surface area contributed by atoms with Crippen molar-refractivity contribution in [2.75, 3.05) is 27.2 Å². The van der Waals surface area contributed by atoms with E-state index in [9.17, 15) is 0 Å². The molecule has 0 radical (unpaired) electrons. The molecule has 98 valence electrons. The summed E-state index contributed by atoms with van der Waals surface area (Å²) in [5, 5.41) is 5.09. The van der Waals surface area contributed by atoms with Gasteiger partial charge in [-0.1, -0.05) is 25.4 Å². The minimum Gasteiger partial charge on any atom is -0.330 e. The Kier molecular flexibility index (Phi) is 4.98. The third-order valence-corrected chi connectivity index (χ3v) is 3.24. The van der Waals surface area contributed by atoms with Crippen LogP contribution in [0.2, 0.25) is 5.02 Å². The lowest BCUT2D eigenvalue weighted by atomic mass is 9.85. The van der Waals surface area contributed by atoms with E-state index in [0.29, 0.717) is 6.54 Å². The van der Waals surface area contributed by atoms with Crippen molar-refractivity contribution in [2.24, 2.45) is 5.73 Å². The molecule has 0 aliphatic rings. The van der Waals surface area contributed by atoms with Gasteiger partial charge in [0.05, 0.1) is 23.5 Å². The van der Waals surface area contributed by atoms with Crippen LogP contribution in [-0.4, -0.2) is 41.9 Å². The highest BCUT2D eigenvalue weighted by Crippen LogP contribution is 2.32. The zero-order chi connectivity index (χ0) is 13.1. The second-order valence-electron chi connectivity index (χ2n) is 5.29. The van der Waals surface area contributed by atoms with Gasteiger partial charge in [0.1, 0.15) is 0 Å². The predicted molar refractivity (Wildman–Crippen MR) is 72.5 cm³/mol. The van der Waals surface area contributed by atoms with E-state index in [0.717, 1.165) is 30.2 Å². The van der Waals surface area contributed by atoms with Crippen molar-refractivity contribution in [2.45, 2.75) is 32.2 Å². The van der Waals surface area contributed by atoms with E-state index in [1.807, 2.05) is 4.68 Å². The maximum absolute atomic E-state index is 6.24. The van der Waals surface area contributed by atoms with Crippen LogP contribution in [0.3, 0.4) is 0 Å². The zero-order valence-corrected chi connectivity index (χ0v) is 12.0. The van der Waals surface area contributed by atoms with Crippen LogP contribution in [0.5, 0.6) is 0 Å². The highest BCUT2D eigenvalue weighted by atomic mass is 35.5. The largest absolute Gasteiger partial charge is 0.330 e. The first kappa shape index (κ1) is 14.5. The molecule has 4 nitrogen and oxygen atoms in total. The summed E-state index contributed by atoms with van der Waals surface area (Å²) in [5.74, 6) is 0. The average Bonchev–Trinajstić information content (AvgIpc) is 2.57. The van der Waals surface area contributed by atoms with Crippen molar-refractivity contribution in [3.05, 3.63) is 16.9 Å². The predicted octanol–water partition coefficient (Wildman–Crippen LogP) is 1.72. The lowest BCUT2D eigenvalue weighted by Crippen LogP contribution is -2.28. The zero-order valence-electron chi connectivity index (χ0n) is 11.2. The fourth-order valence-electron chi connectivity index (χ4n) is 1.98. The van der Waals surface area contributed by atoms with Crippen LogP contribution >= 0.6 is 11.6 Å². The normalized spacial score (nSPS) is 12.4. The Morgan fingerprint density at radius 2 is 2.12 bits per heavy atom. The molecule has 0 saturated heterocycles. The van der Waals surface area contributed by atoms with Crippen LogP contribution in [0, 0.1) is 0 Å². The summed E-state index contributed by atoms with van der Waals surface area (Å²) in [6.45, 7) is 6.78. The molecule has 0 atom stereocenters. The summed E-state index contributed by atoms with van der Waals surface area (Å²) < 4.78 is 2.00. The first-order chi connectivity index (χ1) is 7.88. The topological polar surface area (TPSA) is 47.1 Å². The molecule has 2 N–H and O–H groups in total. The van der Waals surface area contributed by atoms with Crippen LogP contribution in [0.1, 0.15) is 26.0 Å². The van der Waals surface area contributed by atoms with E-state index >= 15 is 0 Å². The molecule has 1 aromatic heterocycles. The smallest absolute Gasteiger partial charge is 0.0823 e. The second kappa shape index (κ2) is 5.85. The molecule has 0 unspecified atom stereocenters. The molecule has 0 saturated carbocycles. The number of nitrogens with two attached hydrogens (primary N) is 1. The summed E-state index contributed by atoms with van der Waals surface area (Å²) in [5.41, 5.74) is 6.72. The molecule has 1 rings (SSSR count). The fourth-order valence-corrected chi connectivity index (χ4v) is 2.38. The van der Waals surface area contributed by atoms with Gasteiger partial charge >= 0.3 is 0 Å². The molecule has 17 heavy (non-hydrogen) atoms. The molecule has 0 fully saturated rings. The van der Waals surface area contributed by atoms with Gasteiger partial charge in [0.15, 0.2) is 0 Å². The van der Waals surface area contributed by atoms with Crippen molar-refractivity contribution >= 4 is 11.6 Å². The fraction of sp³-hybridized carbons (Fsp3) is 0.750. The van der Waals surface area contributed by atoms with E-state index in [1.54, 1.807) is 6.20 Å². The van der Waals surface area contributed by atoms with Gasteiger partial charge in [-0.15, -0.1) is 0 Å². The average molecular weight is 259 g/mol. The maximum atomic E-state index is 6.24. The third-order valence-electron chi connectivity index (χ3n) is 2.96. The van der Waals surface area contributed by atoms with Gasteiger partial charge in [-0.05, 0) is 27.1 Å². The van der Waals surface area contributed by atoms with Crippen LogP contribution in [-0.2, 0) is 12.0 Å². The lowest BCUT2D eigenvalue weighted by molar-refractivity contribution is 0.353. The summed E-state index contributed by atoms with van der Waals surface area (Å²) >= 11 is 6.24. The van der Waals surface area contributed by atoms with E-state index in [2.05, 4.69) is 37.9 Å². The first-order valence-electron chi connectivity index (χ1n) is 5.95. The molecule has 5 heteroatoms. The van der Waals surface area contributed by atoms with Gasteiger partial charge in [-0.25, -0.2) is 0 Å². The molecule has 0 amide bonds. The summed E-state index contributed by atoms with van der Waals surface area (Å²) in [7, 11) is 4.10. The number of hydrogen-bond donors (Lipinski definition) is 1. The van der Waals surface area contributed by atoms with Crippen molar-refractivity contribution in [1.82, 2.24) is 14.7 Å². The van der Waals surface area contributed by atoms with Crippen LogP contribution < -0.4 is 5.73 Å². The second-order valence-corrected chi connectivity index (χ2v) is 5.70. The van der Waals surface area contributed by atoms with Gasteiger partial charge in [0.25, 0.3) is 0 Å². The molecule has 0 aliphatic carbocycles. The number of aromatic nitrogens is 2. The minimum absolute atomic E-state index is 0.0331. The summed E-state index contributed by atoms with van der Waals surface area (Å²) in [4.78, 5) is 2.13. The molecule has 0 aliphatic heterocycles. The molecule has 0 aromatic carbocycles. The van der Waals surface area contributed by atoms with E-state index in [1.165, 1.54) is 0 Å². The lowest BCUT2D eigenvalue weighted by Gasteiger charge is -2.26. The number of halogens is 1. The number of likely N-dealkylation sites (N-methyl/N-ethyl adjacent to an activating group) is 1. The quantitative estimate of drug-likeness (QED) is 0.845. The number of rotatable bonds is 6. The van der Waals surface area contributed by atoms with E-state index in [4.69, 9.17) is 17.3 Å². The Morgan fingerprint density at radius 1 is 1.47 bits per heavy atom. The van der Waals surface area contributed by atoms with E-state index in [-0.39, 0.29) is 5.41 Å². The molecular formula is C12H23ClN4. The summed E-state index contributed by atoms with van der Waals surface area (Å²) in [6, 6.07) is 0. The SMILES string of the molecule is CN(C)CCn1ncc(Cl)c1C(C)(C)CCN. The van der Waals surface area contributed by atoms with Crippen molar-refractivity contribution in [1.29, 1.82) is 0 Å². The van der Waals surface area contributed by atoms with Crippen molar-refractivity contribution < 1.29 is 0 Å². The monoisotopic (exact) mass is 258 g/mol. The highest BCUT2D eigenvalue weighted by molar-refractivity contribution is 6.31. The molecule has 1 heterocycles. The highest BCUT2D eigenvalue weighted by Gasteiger charge is 2.27. The molecule has 0 spiro atoms. The Bertz CT molecular complexity index is 357. The van der Waals surface area contributed by atoms with E-state index < -0.39 is 0 Å². The van der Waals surface area contributed by atoms with Crippen molar-refractivity contribution in [3.63, 3.8) is 0 Å². The third kappa shape index (κ3) is 3.69. The Balaban J connectivity index is 2.93. The van der Waals surface area contributed by atoms with Crippen molar-refractivity contribution in [3.8, 4) is 0 Å². The number of nitrogens with zero attached hydrogens (tertiary/aromatic N) is 3. The van der Waals surface area contributed by atoms with Crippen LogP contribution in [0.4, 0.5) is 0 Å².